The molecule has 0 bridgehead atoms. The molecule has 1 aliphatic heterocycles. The Morgan fingerprint density at radius 2 is 1.90 bits per heavy atom. The third-order valence-corrected chi connectivity index (χ3v) is 4.88. The molecule has 7 heteroatoms. The molecule has 7 nitrogen and oxygen atoms in total. The van der Waals surface area contributed by atoms with Crippen molar-refractivity contribution in [3.8, 4) is 11.5 Å². The molecule has 148 valence electrons. The number of hydrogen-bond acceptors (Lipinski definition) is 5. The van der Waals surface area contributed by atoms with E-state index in [9.17, 15) is 4.79 Å². The Balaban J connectivity index is 1.45. The van der Waals surface area contributed by atoms with Crippen molar-refractivity contribution in [1.82, 2.24) is 15.2 Å². The summed E-state index contributed by atoms with van der Waals surface area (Å²) < 4.78 is 12.5. The molecule has 1 amide bonds. The molecule has 0 unspecified atom stereocenters. The molecule has 29 heavy (non-hydrogen) atoms. The molecule has 3 aromatic rings. The van der Waals surface area contributed by atoms with Gasteiger partial charge in [-0.1, -0.05) is 29.8 Å². The SMILES string of the molecule is Cc1ccc(Cn2nc(C)c(/C=N/NC(=O)c3ccc4c(c3)OCO4)c2C)cc1. The molecule has 0 spiro atoms. The number of benzene rings is 2. The lowest BCUT2D eigenvalue weighted by Gasteiger charge is -2.05. The standard InChI is InChI=1S/C22H22N4O3/c1-14-4-6-17(7-5-14)12-26-16(3)19(15(2)25-26)11-23-24-22(27)18-8-9-20-21(10-18)29-13-28-20/h4-11H,12-13H2,1-3H3,(H,24,27)/b23-11+. The summed E-state index contributed by atoms with van der Waals surface area (Å²) in [6.45, 7) is 6.85. The van der Waals surface area contributed by atoms with Crippen molar-refractivity contribution in [2.75, 3.05) is 6.79 Å². The first-order valence-electron chi connectivity index (χ1n) is 9.34. The van der Waals surface area contributed by atoms with Crippen molar-refractivity contribution >= 4 is 12.1 Å². The third-order valence-electron chi connectivity index (χ3n) is 4.88. The van der Waals surface area contributed by atoms with E-state index in [0.717, 1.165) is 17.0 Å². The van der Waals surface area contributed by atoms with Gasteiger partial charge in [0, 0.05) is 16.8 Å². The molecule has 0 radical (unpaired) electrons. The summed E-state index contributed by atoms with van der Waals surface area (Å²) >= 11 is 0. The topological polar surface area (TPSA) is 77.7 Å². The summed E-state index contributed by atoms with van der Waals surface area (Å²) in [4.78, 5) is 12.3. The second-order valence-corrected chi connectivity index (χ2v) is 6.99. The van der Waals surface area contributed by atoms with Crippen LogP contribution in [0.25, 0.3) is 0 Å². The number of carbonyl (C=O) groups is 1. The predicted octanol–water partition coefficient (Wildman–Crippen LogP) is 3.35. The van der Waals surface area contributed by atoms with E-state index < -0.39 is 0 Å². The molecular formula is C22H22N4O3. The molecule has 1 aromatic heterocycles. The smallest absolute Gasteiger partial charge is 0.271 e. The normalized spacial score (nSPS) is 12.5. The Morgan fingerprint density at radius 1 is 1.14 bits per heavy atom. The number of hydrazone groups is 1. The summed E-state index contributed by atoms with van der Waals surface area (Å²) in [5.74, 6) is 0.880. The fraction of sp³-hybridized carbons (Fsp3) is 0.227. The van der Waals surface area contributed by atoms with Crippen LogP contribution in [0.4, 0.5) is 0 Å². The van der Waals surface area contributed by atoms with Crippen LogP contribution in [-0.2, 0) is 6.54 Å². The molecule has 0 atom stereocenters. The van der Waals surface area contributed by atoms with Gasteiger partial charge in [0.25, 0.3) is 5.91 Å². The lowest BCUT2D eigenvalue weighted by molar-refractivity contribution is 0.0954. The van der Waals surface area contributed by atoms with Gasteiger partial charge in [0.2, 0.25) is 6.79 Å². The largest absolute Gasteiger partial charge is 0.454 e. The summed E-state index contributed by atoms with van der Waals surface area (Å²) in [7, 11) is 0. The van der Waals surface area contributed by atoms with Crippen LogP contribution < -0.4 is 14.9 Å². The number of rotatable bonds is 5. The summed E-state index contributed by atoms with van der Waals surface area (Å²) in [6, 6.07) is 13.4. The van der Waals surface area contributed by atoms with E-state index in [2.05, 4.69) is 46.8 Å². The summed E-state index contributed by atoms with van der Waals surface area (Å²) in [5.41, 5.74) is 8.16. The highest BCUT2D eigenvalue weighted by Gasteiger charge is 2.16. The van der Waals surface area contributed by atoms with Crippen LogP contribution in [0.1, 0.15) is 38.4 Å². The van der Waals surface area contributed by atoms with Gasteiger partial charge in [0.15, 0.2) is 11.5 Å². The number of fused-ring (bicyclic) bond motifs is 1. The van der Waals surface area contributed by atoms with E-state index in [1.165, 1.54) is 11.1 Å². The number of nitrogens with zero attached hydrogens (tertiary/aromatic N) is 3. The first kappa shape index (κ1) is 18.7. The van der Waals surface area contributed by atoms with E-state index >= 15 is 0 Å². The molecule has 2 heterocycles. The van der Waals surface area contributed by atoms with E-state index in [1.807, 2.05) is 18.5 Å². The second kappa shape index (κ2) is 7.79. The van der Waals surface area contributed by atoms with Crippen molar-refractivity contribution in [3.63, 3.8) is 0 Å². The minimum absolute atomic E-state index is 0.170. The van der Waals surface area contributed by atoms with Crippen LogP contribution >= 0.6 is 0 Å². The first-order chi connectivity index (χ1) is 14.0. The molecule has 0 saturated heterocycles. The number of hydrogen-bond donors (Lipinski definition) is 1. The average molecular weight is 390 g/mol. The number of aryl methyl sites for hydroxylation is 2. The van der Waals surface area contributed by atoms with Gasteiger partial charge in [-0.3, -0.25) is 9.48 Å². The zero-order chi connectivity index (χ0) is 20.4. The highest BCUT2D eigenvalue weighted by atomic mass is 16.7. The minimum Gasteiger partial charge on any atom is -0.454 e. The van der Waals surface area contributed by atoms with Crippen LogP contribution in [-0.4, -0.2) is 28.7 Å². The van der Waals surface area contributed by atoms with Gasteiger partial charge in [-0.15, -0.1) is 0 Å². The van der Waals surface area contributed by atoms with Crippen LogP contribution in [0.5, 0.6) is 11.5 Å². The third kappa shape index (κ3) is 3.99. The Morgan fingerprint density at radius 3 is 2.69 bits per heavy atom. The first-order valence-corrected chi connectivity index (χ1v) is 9.34. The van der Waals surface area contributed by atoms with Gasteiger partial charge in [-0.2, -0.15) is 10.2 Å². The maximum Gasteiger partial charge on any atom is 0.271 e. The van der Waals surface area contributed by atoms with Crippen molar-refractivity contribution < 1.29 is 14.3 Å². The molecular weight excluding hydrogens is 368 g/mol. The van der Waals surface area contributed by atoms with E-state index in [-0.39, 0.29) is 12.7 Å². The summed E-state index contributed by atoms with van der Waals surface area (Å²) in [6.07, 6.45) is 1.63. The molecule has 0 aliphatic carbocycles. The quantitative estimate of drug-likeness (QED) is 0.535. The van der Waals surface area contributed by atoms with Gasteiger partial charge in [0.05, 0.1) is 18.5 Å². The highest BCUT2D eigenvalue weighted by molar-refractivity contribution is 5.95. The molecule has 4 rings (SSSR count). The van der Waals surface area contributed by atoms with Gasteiger partial charge in [-0.25, -0.2) is 5.43 Å². The fourth-order valence-corrected chi connectivity index (χ4v) is 3.18. The molecule has 1 N–H and O–H groups in total. The Kier molecular flexibility index (Phi) is 5.03. The number of ether oxygens (including phenoxy) is 2. The lowest BCUT2D eigenvalue weighted by Crippen LogP contribution is -2.17. The van der Waals surface area contributed by atoms with Crippen molar-refractivity contribution in [3.05, 3.63) is 76.1 Å². The number of amides is 1. The van der Waals surface area contributed by atoms with E-state index in [1.54, 1.807) is 24.4 Å². The maximum absolute atomic E-state index is 12.3. The van der Waals surface area contributed by atoms with Crippen molar-refractivity contribution in [2.45, 2.75) is 27.3 Å². The number of nitrogens with one attached hydrogen (secondary N) is 1. The lowest BCUT2D eigenvalue weighted by atomic mass is 10.1. The van der Waals surface area contributed by atoms with Gasteiger partial charge in [-0.05, 0) is 44.5 Å². The highest BCUT2D eigenvalue weighted by Crippen LogP contribution is 2.32. The second-order valence-electron chi connectivity index (χ2n) is 6.99. The average Bonchev–Trinajstić information content (AvgIpc) is 3.28. The molecule has 0 saturated carbocycles. The zero-order valence-corrected chi connectivity index (χ0v) is 16.6. The van der Waals surface area contributed by atoms with Gasteiger partial charge < -0.3 is 9.47 Å². The van der Waals surface area contributed by atoms with Gasteiger partial charge >= 0.3 is 0 Å². The monoisotopic (exact) mass is 390 g/mol. The van der Waals surface area contributed by atoms with Gasteiger partial charge in [0.1, 0.15) is 0 Å². The van der Waals surface area contributed by atoms with Crippen LogP contribution in [0.2, 0.25) is 0 Å². The Labute approximate surface area is 169 Å². The number of aromatic nitrogens is 2. The van der Waals surface area contributed by atoms with Crippen LogP contribution in [0.15, 0.2) is 47.6 Å². The van der Waals surface area contributed by atoms with Crippen molar-refractivity contribution in [1.29, 1.82) is 0 Å². The Bertz CT molecular complexity index is 1080. The number of carbonyl (C=O) groups excluding carboxylic acids is 1. The predicted molar refractivity (Wildman–Crippen MR) is 110 cm³/mol. The van der Waals surface area contributed by atoms with E-state index in [0.29, 0.717) is 23.6 Å². The fourth-order valence-electron chi connectivity index (χ4n) is 3.18. The van der Waals surface area contributed by atoms with E-state index in [4.69, 9.17) is 9.47 Å². The summed E-state index contributed by atoms with van der Waals surface area (Å²) in [5, 5.41) is 8.72. The Hall–Kier alpha value is -3.61. The maximum atomic E-state index is 12.3. The zero-order valence-electron chi connectivity index (χ0n) is 16.6. The molecule has 0 fully saturated rings. The molecule has 2 aromatic carbocycles. The van der Waals surface area contributed by atoms with Crippen molar-refractivity contribution in [2.24, 2.45) is 5.10 Å². The molecule has 1 aliphatic rings. The van der Waals surface area contributed by atoms with Crippen LogP contribution in [0, 0.1) is 20.8 Å². The minimum atomic E-state index is -0.318. The van der Waals surface area contributed by atoms with Crippen LogP contribution in [0.3, 0.4) is 0 Å².